The van der Waals surface area contributed by atoms with E-state index in [1.807, 2.05) is 37.3 Å². The van der Waals surface area contributed by atoms with E-state index >= 15 is 0 Å². The topological polar surface area (TPSA) is 81.7 Å². The number of benzene rings is 1. The largest absolute Gasteiger partial charge is 0.493 e. The van der Waals surface area contributed by atoms with Crippen LogP contribution in [-0.4, -0.2) is 43.8 Å². The summed E-state index contributed by atoms with van der Waals surface area (Å²) in [6.45, 7) is 4.21. The molecule has 3 rings (SSSR count). The predicted molar refractivity (Wildman–Crippen MR) is 101 cm³/mol. The summed E-state index contributed by atoms with van der Waals surface area (Å²) in [6.07, 6.45) is 3.01. The molecule has 0 bridgehead atoms. The lowest BCUT2D eigenvalue weighted by atomic mass is 10.1. The van der Waals surface area contributed by atoms with E-state index in [4.69, 9.17) is 14.2 Å². The van der Waals surface area contributed by atoms with Crippen molar-refractivity contribution in [3.63, 3.8) is 0 Å². The summed E-state index contributed by atoms with van der Waals surface area (Å²) in [5.41, 5.74) is 1.96. The number of methoxy groups -OCH3 is 1. The van der Waals surface area contributed by atoms with Gasteiger partial charge in [0.1, 0.15) is 12.7 Å². The van der Waals surface area contributed by atoms with Crippen molar-refractivity contribution < 1.29 is 19.0 Å². The SMILES string of the molecule is COc1cc(C(C)NC(=O)C2CNCCO2)ccc1OCc1ccncc1. The molecule has 1 aliphatic heterocycles. The zero-order valence-electron chi connectivity index (χ0n) is 15.6. The van der Waals surface area contributed by atoms with Gasteiger partial charge in [0.2, 0.25) is 0 Å². The van der Waals surface area contributed by atoms with Crippen LogP contribution in [0.2, 0.25) is 0 Å². The van der Waals surface area contributed by atoms with Gasteiger partial charge >= 0.3 is 0 Å². The Morgan fingerprint density at radius 3 is 2.85 bits per heavy atom. The van der Waals surface area contributed by atoms with Crippen molar-refractivity contribution in [1.29, 1.82) is 0 Å². The van der Waals surface area contributed by atoms with Gasteiger partial charge < -0.3 is 24.8 Å². The summed E-state index contributed by atoms with van der Waals surface area (Å²) < 4.78 is 16.8. The standard InChI is InChI=1S/C20H25N3O4/c1-14(23-20(24)19-12-22-9-10-26-19)16-3-4-17(18(11-16)25-2)27-13-15-5-7-21-8-6-15/h3-8,11,14,19,22H,9-10,12-13H2,1-2H3,(H,23,24). The first-order chi connectivity index (χ1) is 13.2. The van der Waals surface area contributed by atoms with Gasteiger partial charge in [0.15, 0.2) is 11.5 Å². The molecule has 0 spiro atoms. The van der Waals surface area contributed by atoms with Crippen LogP contribution in [0, 0.1) is 0 Å². The fourth-order valence-corrected chi connectivity index (χ4v) is 2.84. The molecule has 2 aromatic rings. The summed E-state index contributed by atoms with van der Waals surface area (Å²) in [6, 6.07) is 9.30. The van der Waals surface area contributed by atoms with Gasteiger partial charge in [0, 0.05) is 25.5 Å². The number of ether oxygens (including phenoxy) is 3. The molecule has 7 heteroatoms. The van der Waals surface area contributed by atoms with E-state index in [1.165, 1.54) is 0 Å². The lowest BCUT2D eigenvalue weighted by Gasteiger charge is -2.25. The van der Waals surface area contributed by atoms with Crippen LogP contribution in [0.5, 0.6) is 11.5 Å². The van der Waals surface area contributed by atoms with Gasteiger partial charge in [-0.25, -0.2) is 0 Å². The molecule has 1 aromatic carbocycles. The van der Waals surface area contributed by atoms with Crippen molar-refractivity contribution in [3.05, 3.63) is 53.9 Å². The van der Waals surface area contributed by atoms with Crippen LogP contribution >= 0.6 is 0 Å². The van der Waals surface area contributed by atoms with Crippen LogP contribution in [0.15, 0.2) is 42.7 Å². The number of hydrogen-bond acceptors (Lipinski definition) is 6. The number of pyridine rings is 1. The highest BCUT2D eigenvalue weighted by Crippen LogP contribution is 2.31. The summed E-state index contributed by atoms with van der Waals surface area (Å²) >= 11 is 0. The molecule has 27 heavy (non-hydrogen) atoms. The van der Waals surface area contributed by atoms with Gasteiger partial charge in [0.25, 0.3) is 5.91 Å². The zero-order valence-corrected chi connectivity index (χ0v) is 15.6. The number of aromatic nitrogens is 1. The van der Waals surface area contributed by atoms with Crippen LogP contribution in [0.1, 0.15) is 24.1 Å². The van der Waals surface area contributed by atoms with Gasteiger partial charge in [-0.2, -0.15) is 0 Å². The number of carbonyl (C=O) groups excluding carboxylic acids is 1. The van der Waals surface area contributed by atoms with Crippen LogP contribution in [0.4, 0.5) is 0 Å². The summed E-state index contributed by atoms with van der Waals surface area (Å²) in [5, 5.41) is 6.14. The first kappa shape index (κ1) is 19.1. The Balaban J connectivity index is 1.62. The maximum Gasteiger partial charge on any atom is 0.250 e. The van der Waals surface area contributed by atoms with E-state index in [9.17, 15) is 4.79 Å². The molecule has 0 saturated carbocycles. The Bertz CT molecular complexity index is 748. The number of hydrogen-bond donors (Lipinski definition) is 2. The predicted octanol–water partition coefficient (Wildman–Crippen LogP) is 1.83. The maximum absolute atomic E-state index is 12.3. The fourth-order valence-electron chi connectivity index (χ4n) is 2.84. The minimum Gasteiger partial charge on any atom is -0.493 e. The highest BCUT2D eigenvalue weighted by molar-refractivity contribution is 5.81. The number of amides is 1. The lowest BCUT2D eigenvalue weighted by molar-refractivity contribution is -0.134. The summed E-state index contributed by atoms with van der Waals surface area (Å²) in [4.78, 5) is 16.3. The molecule has 1 aliphatic rings. The minimum absolute atomic E-state index is 0.119. The number of nitrogens with one attached hydrogen (secondary N) is 2. The normalized spacial score (nSPS) is 17.8. The fraction of sp³-hybridized carbons (Fsp3) is 0.400. The monoisotopic (exact) mass is 371 g/mol. The number of nitrogens with zero attached hydrogens (tertiary/aromatic N) is 1. The molecule has 0 aliphatic carbocycles. The second kappa shape index (κ2) is 9.34. The third kappa shape index (κ3) is 5.18. The molecule has 1 amide bonds. The Kier molecular flexibility index (Phi) is 6.62. The third-order valence-corrected chi connectivity index (χ3v) is 4.41. The molecule has 1 saturated heterocycles. The highest BCUT2D eigenvalue weighted by Gasteiger charge is 2.23. The second-order valence-electron chi connectivity index (χ2n) is 6.35. The molecular weight excluding hydrogens is 346 g/mol. The molecule has 7 nitrogen and oxygen atoms in total. The first-order valence-electron chi connectivity index (χ1n) is 8.99. The molecule has 2 N–H and O–H groups in total. The van der Waals surface area contributed by atoms with Crippen molar-refractivity contribution in [2.24, 2.45) is 0 Å². The molecule has 0 radical (unpaired) electrons. The molecule has 144 valence electrons. The Labute approximate surface area is 159 Å². The van der Waals surface area contributed by atoms with Gasteiger partial charge in [-0.3, -0.25) is 9.78 Å². The number of morpholine rings is 1. The van der Waals surface area contributed by atoms with Crippen LogP contribution in [0.25, 0.3) is 0 Å². The smallest absolute Gasteiger partial charge is 0.250 e. The van der Waals surface area contributed by atoms with E-state index in [1.54, 1.807) is 19.5 Å². The molecule has 2 heterocycles. The van der Waals surface area contributed by atoms with Crippen molar-refractivity contribution in [2.75, 3.05) is 26.8 Å². The van der Waals surface area contributed by atoms with Crippen molar-refractivity contribution in [2.45, 2.75) is 25.7 Å². The van der Waals surface area contributed by atoms with Crippen LogP contribution in [0.3, 0.4) is 0 Å². The highest BCUT2D eigenvalue weighted by atomic mass is 16.5. The number of rotatable bonds is 7. The second-order valence-corrected chi connectivity index (χ2v) is 6.35. The van der Waals surface area contributed by atoms with E-state index < -0.39 is 6.10 Å². The van der Waals surface area contributed by atoms with Gasteiger partial charge in [-0.1, -0.05) is 6.07 Å². The molecule has 2 atom stereocenters. The van der Waals surface area contributed by atoms with Crippen molar-refractivity contribution >= 4 is 5.91 Å². The Morgan fingerprint density at radius 1 is 1.33 bits per heavy atom. The Hall–Kier alpha value is -2.64. The summed E-state index contributed by atoms with van der Waals surface area (Å²) in [7, 11) is 1.60. The maximum atomic E-state index is 12.3. The van der Waals surface area contributed by atoms with E-state index in [-0.39, 0.29) is 11.9 Å². The molecule has 1 aromatic heterocycles. The van der Waals surface area contributed by atoms with Gasteiger partial charge in [-0.05, 0) is 42.3 Å². The van der Waals surface area contributed by atoms with E-state index in [0.717, 1.165) is 17.7 Å². The zero-order chi connectivity index (χ0) is 19.1. The van der Waals surface area contributed by atoms with Gasteiger partial charge in [-0.15, -0.1) is 0 Å². The van der Waals surface area contributed by atoms with Crippen molar-refractivity contribution in [3.8, 4) is 11.5 Å². The Morgan fingerprint density at radius 2 is 2.15 bits per heavy atom. The summed E-state index contributed by atoms with van der Waals surface area (Å²) in [5.74, 6) is 1.15. The van der Waals surface area contributed by atoms with Gasteiger partial charge in [0.05, 0.1) is 19.8 Å². The van der Waals surface area contributed by atoms with Crippen LogP contribution < -0.4 is 20.1 Å². The third-order valence-electron chi connectivity index (χ3n) is 4.41. The van der Waals surface area contributed by atoms with E-state index in [0.29, 0.717) is 31.3 Å². The lowest BCUT2D eigenvalue weighted by Crippen LogP contribution is -2.48. The molecular formula is C20H25N3O4. The van der Waals surface area contributed by atoms with Crippen LogP contribution in [-0.2, 0) is 16.1 Å². The number of carbonyl (C=O) groups is 1. The average molecular weight is 371 g/mol. The molecule has 1 fully saturated rings. The average Bonchev–Trinajstić information content (AvgIpc) is 2.73. The van der Waals surface area contributed by atoms with E-state index in [2.05, 4.69) is 15.6 Å². The minimum atomic E-state index is -0.453. The quantitative estimate of drug-likeness (QED) is 0.773. The molecule has 2 unspecified atom stereocenters. The first-order valence-corrected chi connectivity index (χ1v) is 8.99. The van der Waals surface area contributed by atoms with Crippen molar-refractivity contribution in [1.82, 2.24) is 15.6 Å².